The second-order valence-electron chi connectivity index (χ2n) is 4.79. The number of likely N-dealkylation sites (tertiary alicyclic amines) is 1. The molecule has 1 aromatic rings. The van der Waals surface area contributed by atoms with Gasteiger partial charge in [0.05, 0.1) is 5.56 Å². The lowest BCUT2D eigenvalue weighted by molar-refractivity contribution is 0.0551. The normalized spacial score (nSPS) is 16.6. The number of aromatic nitrogens is 1. The van der Waals surface area contributed by atoms with Crippen molar-refractivity contribution in [2.24, 2.45) is 5.92 Å². The van der Waals surface area contributed by atoms with E-state index in [1.54, 1.807) is 12.4 Å². The lowest BCUT2D eigenvalue weighted by atomic mass is 9.97. The third kappa shape index (κ3) is 4.01. The number of hydrogen-bond acceptors (Lipinski definition) is 3. The minimum absolute atomic E-state index is 0.0728. The summed E-state index contributed by atoms with van der Waals surface area (Å²) in [4.78, 5) is 18.3. The number of carbonyl (C=O) groups excluding carboxylic acids is 1. The number of rotatable bonds is 4. The summed E-state index contributed by atoms with van der Waals surface area (Å²) in [6.45, 7) is 5.21. The molecular weight excluding hydrogens is 308 g/mol. The van der Waals surface area contributed by atoms with Crippen LogP contribution in [0.3, 0.4) is 0 Å². The molecule has 0 spiro atoms. The van der Waals surface area contributed by atoms with Gasteiger partial charge in [0.1, 0.15) is 0 Å². The van der Waals surface area contributed by atoms with Crippen molar-refractivity contribution < 1.29 is 9.53 Å². The Hall–Kier alpha value is -0.940. The van der Waals surface area contributed by atoms with E-state index < -0.39 is 0 Å². The summed E-state index contributed by atoms with van der Waals surface area (Å²) in [7, 11) is 0. The zero-order chi connectivity index (χ0) is 13.7. The van der Waals surface area contributed by atoms with Crippen molar-refractivity contribution in [2.45, 2.75) is 19.8 Å². The van der Waals surface area contributed by atoms with E-state index in [2.05, 4.69) is 20.9 Å². The highest BCUT2D eigenvalue weighted by atomic mass is 79.9. The smallest absolute Gasteiger partial charge is 0.255 e. The second-order valence-corrected chi connectivity index (χ2v) is 5.70. The molecule has 2 heterocycles. The van der Waals surface area contributed by atoms with E-state index in [-0.39, 0.29) is 5.91 Å². The van der Waals surface area contributed by atoms with E-state index in [9.17, 15) is 4.79 Å². The molecule has 0 atom stereocenters. The minimum Gasteiger partial charge on any atom is -0.381 e. The Morgan fingerprint density at radius 3 is 2.84 bits per heavy atom. The molecule has 0 aliphatic carbocycles. The minimum atomic E-state index is 0.0728. The van der Waals surface area contributed by atoms with E-state index in [0.717, 1.165) is 43.6 Å². The Morgan fingerprint density at radius 2 is 2.21 bits per heavy atom. The van der Waals surface area contributed by atoms with Gasteiger partial charge in [-0.3, -0.25) is 9.78 Å². The van der Waals surface area contributed by atoms with Crippen LogP contribution in [0.2, 0.25) is 0 Å². The predicted molar refractivity (Wildman–Crippen MR) is 77.1 cm³/mol. The third-order valence-electron chi connectivity index (χ3n) is 3.41. The van der Waals surface area contributed by atoms with E-state index in [1.807, 2.05) is 17.9 Å². The van der Waals surface area contributed by atoms with Crippen LogP contribution in [0.15, 0.2) is 22.9 Å². The fourth-order valence-corrected chi connectivity index (χ4v) is 2.66. The average Bonchev–Trinajstić information content (AvgIpc) is 2.45. The van der Waals surface area contributed by atoms with Crippen molar-refractivity contribution in [2.75, 3.05) is 26.3 Å². The largest absolute Gasteiger partial charge is 0.381 e. The molecule has 4 nitrogen and oxygen atoms in total. The molecule has 19 heavy (non-hydrogen) atoms. The molecule has 0 radical (unpaired) electrons. The highest BCUT2D eigenvalue weighted by Gasteiger charge is 2.23. The summed E-state index contributed by atoms with van der Waals surface area (Å²) in [6, 6.07) is 1.82. The fraction of sp³-hybridized carbons (Fsp3) is 0.571. The quantitative estimate of drug-likeness (QED) is 0.854. The zero-order valence-corrected chi connectivity index (χ0v) is 12.7. The first-order valence-electron chi connectivity index (χ1n) is 6.68. The predicted octanol–water partition coefficient (Wildman–Crippen LogP) is 2.73. The summed E-state index contributed by atoms with van der Waals surface area (Å²) in [5.74, 6) is 0.660. The maximum atomic E-state index is 12.3. The molecule has 1 fully saturated rings. The van der Waals surface area contributed by atoms with E-state index in [1.165, 1.54) is 0 Å². The van der Waals surface area contributed by atoms with Gasteiger partial charge < -0.3 is 9.64 Å². The van der Waals surface area contributed by atoms with Crippen LogP contribution in [0.4, 0.5) is 0 Å². The van der Waals surface area contributed by atoms with Gasteiger partial charge in [-0.2, -0.15) is 0 Å². The van der Waals surface area contributed by atoms with Crippen LogP contribution in [0.25, 0.3) is 0 Å². The molecule has 0 saturated carbocycles. The second kappa shape index (κ2) is 7.01. The molecule has 5 heteroatoms. The first kappa shape index (κ1) is 14.5. The third-order valence-corrected chi connectivity index (χ3v) is 3.84. The molecule has 0 bridgehead atoms. The van der Waals surface area contributed by atoms with Gasteiger partial charge in [0, 0.05) is 43.2 Å². The number of nitrogens with zero attached hydrogens (tertiary/aromatic N) is 2. The van der Waals surface area contributed by atoms with Crippen LogP contribution >= 0.6 is 15.9 Å². The molecule has 0 aromatic carbocycles. The van der Waals surface area contributed by atoms with E-state index in [0.29, 0.717) is 11.5 Å². The van der Waals surface area contributed by atoms with Crippen molar-refractivity contribution >= 4 is 21.8 Å². The Balaban J connectivity index is 1.89. The van der Waals surface area contributed by atoms with Crippen LogP contribution in [0.5, 0.6) is 0 Å². The maximum absolute atomic E-state index is 12.3. The molecule has 2 rings (SSSR count). The monoisotopic (exact) mass is 326 g/mol. The Bertz CT molecular complexity index is 431. The molecule has 0 N–H and O–H groups in total. The van der Waals surface area contributed by atoms with Crippen LogP contribution in [-0.2, 0) is 4.74 Å². The van der Waals surface area contributed by atoms with Gasteiger partial charge in [-0.25, -0.2) is 0 Å². The van der Waals surface area contributed by atoms with Crippen LogP contribution in [-0.4, -0.2) is 42.1 Å². The van der Waals surface area contributed by atoms with Gasteiger partial charge in [-0.05, 0) is 47.7 Å². The first-order chi connectivity index (χ1) is 9.20. The molecule has 1 aromatic heterocycles. The Kier molecular flexibility index (Phi) is 5.34. The molecule has 0 unspecified atom stereocenters. The van der Waals surface area contributed by atoms with Crippen molar-refractivity contribution in [3.63, 3.8) is 0 Å². The zero-order valence-electron chi connectivity index (χ0n) is 11.1. The van der Waals surface area contributed by atoms with Crippen molar-refractivity contribution in [1.82, 2.24) is 9.88 Å². The summed E-state index contributed by atoms with van der Waals surface area (Å²) in [6.07, 6.45) is 5.35. The summed E-state index contributed by atoms with van der Waals surface area (Å²) in [5, 5.41) is 0. The average molecular weight is 327 g/mol. The lowest BCUT2D eigenvalue weighted by Crippen LogP contribution is -2.39. The van der Waals surface area contributed by atoms with Gasteiger partial charge in [0.25, 0.3) is 5.91 Å². The van der Waals surface area contributed by atoms with Crippen molar-refractivity contribution in [3.8, 4) is 0 Å². The van der Waals surface area contributed by atoms with Crippen molar-refractivity contribution in [1.29, 1.82) is 0 Å². The summed E-state index contributed by atoms with van der Waals surface area (Å²) < 4.78 is 6.29. The first-order valence-corrected chi connectivity index (χ1v) is 7.47. The van der Waals surface area contributed by atoms with Gasteiger partial charge >= 0.3 is 0 Å². The van der Waals surface area contributed by atoms with Crippen LogP contribution in [0, 0.1) is 5.92 Å². The number of amides is 1. The molecule has 1 aliphatic heterocycles. The van der Waals surface area contributed by atoms with Crippen LogP contribution < -0.4 is 0 Å². The van der Waals surface area contributed by atoms with Crippen LogP contribution in [0.1, 0.15) is 30.1 Å². The topological polar surface area (TPSA) is 42.4 Å². The molecule has 1 aliphatic rings. The van der Waals surface area contributed by atoms with E-state index in [4.69, 9.17) is 4.74 Å². The molecule has 1 saturated heterocycles. The summed E-state index contributed by atoms with van der Waals surface area (Å²) in [5.41, 5.74) is 0.651. The number of halogens is 1. The molecule has 104 valence electrons. The SMILES string of the molecule is CCOCC1CCN(C(=O)c2cncc(Br)c2)CC1. The molecule has 1 amide bonds. The van der Waals surface area contributed by atoms with E-state index >= 15 is 0 Å². The number of carbonyl (C=O) groups is 1. The van der Waals surface area contributed by atoms with Gasteiger partial charge in [-0.1, -0.05) is 0 Å². The number of ether oxygens (including phenoxy) is 1. The Morgan fingerprint density at radius 1 is 1.47 bits per heavy atom. The van der Waals surface area contributed by atoms with Gasteiger partial charge in [0.15, 0.2) is 0 Å². The standard InChI is InChI=1S/C14H19BrN2O2/c1-2-19-10-11-3-5-17(6-4-11)14(18)12-7-13(15)9-16-8-12/h7-9,11H,2-6,10H2,1H3. The highest BCUT2D eigenvalue weighted by molar-refractivity contribution is 9.10. The van der Waals surface area contributed by atoms with Gasteiger partial charge in [0.2, 0.25) is 0 Å². The summed E-state index contributed by atoms with van der Waals surface area (Å²) >= 11 is 3.34. The maximum Gasteiger partial charge on any atom is 0.255 e. The number of piperidine rings is 1. The fourth-order valence-electron chi connectivity index (χ4n) is 2.30. The number of pyridine rings is 1. The van der Waals surface area contributed by atoms with Crippen molar-refractivity contribution in [3.05, 3.63) is 28.5 Å². The van der Waals surface area contributed by atoms with Gasteiger partial charge in [-0.15, -0.1) is 0 Å². The lowest BCUT2D eigenvalue weighted by Gasteiger charge is -2.31. The molecular formula is C14H19BrN2O2. The number of hydrogen-bond donors (Lipinski definition) is 0. The highest BCUT2D eigenvalue weighted by Crippen LogP contribution is 2.20. The Labute approximate surface area is 122 Å².